The van der Waals surface area contributed by atoms with Gasteiger partial charge in [-0.15, -0.1) is 0 Å². The molecule has 3 rings (SSSR count). The Morgan fingerprint density at radius 2 is 1.67 bits per heavy atom. The van der Waals surface area contributed by atoms with Crippen molar-refractivity contribution in [3.63, 3.8) is 0 Å². The van der Waals surface area contributed by atoms with Crippen molar-refractivity contribution in [3.8, 4) is 0 Å². The predicted molar refractivity (Wildman–Crippen MR) is 101 cm³/mol. The van der Waals surface area contributed by atoms with Gasteiger partial charge in [-0.2, -0.15) is 0 Å². The van der Waals surface area contributed by atoms with Gasteiger partial charge in [0.2, 0.25) is 0 Å². The third kappa shape index (κ3) is 9.82. The zero-order valence-electron chi connectivity index (χ0n) is 16.4. The lowest BCUT2D eigenvalue weighted by molar-refractivity contribution is 0.0758. The summed E-state index contributed by atoms with van der Waals surface area (Å²) in [5, 5.41) is 0. The Hall–Kier alpha value is -1.22. The van der Waals surface area contributed by atoms with Crippen LogP contribution in [0.5, 0.6) is 0 Å². The van der Waals surface area contributed by atoms with Crippen LogP contribution in [0.1, 0.15) is 67.2 Å². The van der Waals surface area contributed by atoms with Gasteiger partial charge in [0.25, 0.3) is 0 Å². The van der Waals surface area contributed by atoms with Gasteiger partial charge in [0, 0.05) is 0 Å². The van der Waals surface area contributed by atoms with E-state index in [0.29, 0.717) is 12.2 Å². The second-order valence-corrected chi connectivity index (χ2v) is 7.32. The van der Waals surface area contributed by atoms with Crippen LogP contribution in [0.3, 0.4) is 0 Å². The molecule has 3 aliphatic rings. The predicted octanol–water partition coefficient (Wildman–Crippen LogP) is 5.78. The van der Waals surface area contributed by atoms with Crippen molar-refractivity contribution in [1.82, 2.24) is 0 Å². The molecule has 3 heteroatoms. The standard InChI is InChI=1S/3C7H12O/c3*1-6-3-4-7(2)8-5-6/h5,7H,3-4H2,1-2H3;4,6H,3,5H2,1-2H3;3,7H,4-5H2,1-2H3. The molecule has 3 atom stereocenters. The van der Waals surface area contributed by atoms with Gasteiger partial charge < -0.3 is 14.2 Å². The molecular weight excluding hydrogens is 300 g/mol. The second kappa shape index (κ2) is 11.4. The van der Waals surface area contributed by atoms with Gasteiger partial charge in [0.15, 0.2) is 0 Å². The van der Waals surface area contributed by atoms with Crippen molar-refractivity contribution in [1.29, 1.82) is 0 Å². The molecule has 0 saturated heterocycles. The van der Waals surface area contributed by atoms with E-state index in [2.05, 4.69) is 46.8 Å². The van der Waals surface area contributed by atoms with Gasteiger partial charge in [-0.1, -0.05) is 18.6 Å². The molecule has 0 radical (unpaired) electrons. The van der Waals surface area contributed by atoms with Crippen LogP contribution >= 0.6 is 0 Å². The Labute approximate surface area is 148 Å². The van der Waals surface area contributed by atoms with Gasteiger partial charge in [0.05, 0.1) is 37.4 Å². The van der Waals surface area contributed by atoms with Crippen molar-refractivity contribution >= 4 is 0 Å². The van der Waals surface area contributed by atoms with Gasteiger partial charge in [-0.25, -0.2) is 0 Å². The van der Waals surface area contributed by atoms with E-state index in [4.69, 9.17) is 14.2 Å². The summed E-state index contributed by atoms with van der Waals surface area (Å²) in [6, 6.07) is 0. The highest BCUT2D eigenvalue weighted by atomic mass is 16.5. The molecule has 0 spiro atoms. The molecule has 0 aromatic heterocycles. The first-order valence-corrected chi connectivity index (χ1v) is 9.24. The molecule has 0 aliphatic carbocycles. The summed E-state index contributed by atoms with van der Waals surface area (Å²) in [5.74, 6) is 1.81. The van der Waals surface area contributed by atoms with E-state index in [1.165, 1.54) is 30.4 Å². The van der Waals surface area contributed by atoms with Crippen LogP contribution in [0.2, 0.25) is 0 Å². The van der Waals surface area contributed by atoms with Gasteiger partial charge in [0.1, 0.15) is 0 Å². The Balaban J connectivity index is 0.000000180. The van der Waals surface area contributed by atoms with E-state index in [1.54, 1.807) is 0 Å². The number of allylic oxidation sites excluding steroid dienone is 3. The number of rotatable bonds is 0. The minimum absolute atomic E-state index is 0.443. The Bertz CT molecular complexity index is 381. The SMILES string of the molecule is CC1=CCC(C)CO1.CC1=CCC(C)OC1.CC1=COC(C)CC1. The highest BCUT2D eigenvalue weighted by molar-refractivity contribution is 5.01. The normalized spacial score (nSPS) is 29.1. The quantitative estimate of drug-likeness (QED) is 0.525. The molecule has 0 saturated carbocycles. The van der Waals surface area contributed by atoms with Crippen molar-refractivity contribution in [2.75, 3.05) is 13.2 Å². The highest BCUT2D eigenvalue weighted by Gasteiger charge is 2.07. The zero-order chi connectivity index (χ0) is 17.9. The average Bonchev–Trinajstić information content (AvgIpc) is 2.57. The summed E-state index contributed by atoms with van der Waals surface area (Å²) in [5.41, 5.74) is 2.73. The molecule has 0 aromatic carbocycles. The van der Waals surface area contributed by atoms with Gasteiger partial charge >= 0.3 is 0 Å². The number of hydrogen-bond donors (Lipinski definition) is 0. The largest absolute Gasteiger partial charge is 0.498 e. The molecule has 0 fully saturated rings. The van der Waals surface area contributed by atoms with E-state index < -0.39 is 0 Å². The van der Waals surface area contributed by atoms with Gasteiger partial charge in [-0.3, -0.25) is 0 Å². The summed E-state index contributed by atoms with van der Waals surface area (Å²) < 4.78 is 15.8. The maximum absolute atomic E-state index is 5.32. The van der Waals surface area contributed by atoms with E-state index >= 15 is 0 Å². The van der Waals surface area contributed by atoms with E-state index in [-0.39, 0.29) is 0 Å². The lowest BCUT2D eigenvalue weighted by Crippen LogP contribution is -2.13. The Morgan fingerprint density at radius 3 is 2.04 bits per heavy atom. The fourth-order valence-corrected chi connectivity index (χ4v) is 2.33. The molecular formula is C21H36O3. The van der Waals surface area contributed by atoms with Crippen molar-refractivity contribution < 1.29 is 14.2 Å². The minimum Gasteiger partial charge on any atom is -0.498 e. The van der Waals surface area contributed by atoms with Crippen LogP contribution < -0.4 is 0 Å². The molecule has 0 aromatic rings. The first-order valence-electron chi connectivity index (χ1n) is 9.24. The molecule has 24 heavy (non-hydrogen) atoms. The first kappa shape index (κ1) is 20.8. The Kier molecular flexibility index (Phi) is 9.85. The van der Waals surface area contributed by atoms with Crippen LogP contribution in [-0.4, -0.2) is 25.4 Å². The number of hydrogen-bond acceptors (Lipinski definition) is 3. The van der Waals surface area contributed by atoms with Crippen molar-refractivity contribution in [3.05, 3.63) is 35.3 Å². The lowest BCUT2D eigenvalue weighted by Gasteiger charge is -2.16. The summed E-state index contributed by atoms with van der Waals surface area (Å²) in [6.45, 7) is 14.3. The van der Waals surface area contributed by atoms with Crippen molar-refractivity contribution in [2.45, 2.75) is 79.4 Å². The van der Waals surface area contributed by atoms with Crippen LogP contribution in [0, 0.1) is 5.92 Å². The first-order chi connectivity index (χ1) is 11.4. The van der Waals surface area contributed by atoms with Crippen LogP contribution in [0.15, 0.2) is 35.3 Å². The topological polar surface area (TPSA) is 27.7 Å². The van der Waals surface area contributed by atoms with E-state index in [0.717, 1.165) is 31.3 Å². The van der Waals surface area contributed by atoms with E-state index in [1.807, 2.05) is 13.2 Å². The minimum atomic E-state index is 0.443. The fraction of sp³-hybridized carbons (Fsp3) is 0.714. The highest BCUT2D eigenvalue weighted by Crippen LogP contribution is 2.15. The summed E-state index contributed by atoms with van der Waals surface area (Å²) >= 11 is 0. The zero-order valence-corrected chi connectivity index (χ0v) is 16.4. The molecule has 0 N–H and O–H groups in total. The molecule has 3 nitrogen and oxygen atoms in total. The monoisotopic (exact) mass is 336 g/mol. The van der Waals surface area contributed by atoms with Gasteiger partial charge in [-0.05, 0) is 77.9 Å². The molecule has 3 heterocycles. The Morgan fingerprint density at radius 1 is 0.917 bits per heavy atom. The van der Waals surface area contributed by atoms with Crippen LogP contribution in [0.4, 0.5) is 0 Å². The molecule has 0 amide bonds. The lowest BCUT2D eigenvalue weighted by atomic mass is 10.1. The fourth-order valence-electron chi connectivity index (χ4n) is 2.33. The maximum atomic E-state index is 5.32. The summed E-state index contributed by atoms with van der Waals surface area (Å²) in [4.78, 5) is 0. The third-order valence-corrected chi connectivity index (χ3v) is 4.24. The van der Waals surface area contributed by atoms with Crippen LogP contribution in [-0.2, 0) is 14.2 Å². The molecule has 138 valence electrons. The molecule has 3 unspecified atom stereocenters. The number of ether oxygens (including phenoxy) is 3. The molecule has 3 aliphatic heterocycles. The second-order valence-electron chi connectivity index (χ2n) is 7.32. The van der Waals surface area contributed by atoms with Crippen LogP contribution in [0.25, 0.3) is 0 Å². The van der Waals surface area contributed by atoms with Crippen molar-refractivity contribution in [2.24, 2.45) is 5.92 Å². The van der Waals surface area contributed by atoms with E-state index in [9.17, 15) is 0 Å². The third-order valence-electron chi connectivity index (χ3n) is 4.24. The maximum Gasteiger partial charge on any atom is 0.0953 e. The smallest absolute Gasteiger partial charge is 0.0953 e. The average molecular weight is 337 g/mol. The molecule has 0 bridgehead atoms. The summed E-state index contributed by atoms with van der Waals surface area (Å²) in [7, 11) is 0. The summed E-state index contributed by atoms with van der Waals surface area (Å²) in [6.07, 6.45) is 11.8.